The van der Waals surface area contributed by atoms with Crippen molar-refractivity contribution in [2.45, 2.75) is 32.4 Å². The van der Waals surface area contributed by atoms with Crippen LogP contribution in [-0.2, 0) is 14.3 Å². The molecule has 0 saturated carbocycles. The molecule has 0 aromatic carbocycles. The Morgan fingerprint density at radius 2 is 2.08 bits per heavy atom. The van der Waals surface area contributed by atoms with Crippen molar-refractivity contribution in [1.29, 1.82) is 0 Å². The van der Waals surface area contributed by atoms with Gasteiger partial charge in [0.15, 0.2) is 5.65 Å². The third-order valence-electron chi connectivity index (χ3n) is 3.76. The quantitative estimate of drug-likeness (QED) is 0.776. The average molecular weight is 344 g/mol. The molecule has 25 heavy (non-hydrogen) atoms. The number of ether oxygens (including phenoxy) is 2. The van der Waals surface area contributed by atoms with Crippen molar-refractivity contribution < 1.29 is 19.1 Å². The molecule has 0 spiro atoms. The summed E-state index contributed by atoms with van der Waals surface area (Å²) < 4.78 is 11.9. The Morgan fingerprint density at radius 3 is 2.76 bits per heavy atom. The molecule has 0 aliphatic carbocycles. The molecule has 8 heteroatoms. The van der Waals surface area contributed by atoms with Crippen molar-refractivity contribution >= 4 is 17.7 Å². The molecule has 2 aromatic heterocycles. The Kier molecular flexibility index (Phi) is 4.20. The summed E-state index contributed by atoms with van der Waals surface area (Å²) >= 11 is 0. The van der Waals surface area contributed by atoms with Crippen molar-refractivity contribution in [3.63, 3.8) is 0 Å². The summed E-state index contributed by atoms with van der Waals surface area (Å²) in [6.07, 6.45) is 6.13. The molecule has 0 N–H and O–H groups in total. The fraction of sp³-hybridized carbons (Fsp3) is 0.412. The molecule has 3 rings (SSSR count). The van der Waals surface area contributed by atoms with Crippen LogP contribution >= 0.6 is 0 Å². The maximum atomic E-state index is 12.6. The van der Waals surface area contributed by atoms with Gasteiger partial charge in [-0.15, -0.1) is 0 Å². The highest BCUT2D eigenvalue weighted by atomic mass is 16.6. The number of hydrogen-bond acceptors (Lipinski definition) is 6. The lowest BCUT2D eigenvalue weighted by Gasteiger charge is -2.29. The maximum Gasteiger partial charge on any atom is 0.411 e. The van der Waals surface area contributed by atoms with Gasteiger partial charge in [0, 0.05) is 24.5 Å². The number of carbonyl (C=O) groups excluding carboxylic acids is 2. The number of amides is 1. The van der Waals surface area contributed by atoms with Gasteiger partial charge in [-0.1, -0.05) is 6.08 Å². The zero-order chi connectivity index (χ0) is 18.2. The largest absolute Gasteiger partial charge is 0.466 e. The first kappa shape index (κ1) is 16.9. The molecular formula is C17H20N4O4. The Morgan fingerprint density at radius 1 is 1.32 bits per heavy atom. The minimum Gasteiger partial charge on any atom is -0.466 e. The van der Waals surface area contributed by atoms with Gasteiger partial charge >= 0.3 is 12.1 Å². The van der Waals surface area contributed by atoms with Crippen molar-refractivity contribution in [2.75, 3.05) is 13.7 Å². The molecule has 1 atom stereocenters. The van der Waals surface area contributed by atoms with Crippen molar-refractivity contribution in [1.82, 2.24) is 19.5 Å². The van der Waals surface area contributed by atoms with Crippen LogP contribution in [0.2, 0.25) is 0 Å². The third-order valence-corrected chi connectivity index (χ3v) is 3.76. The fourth-order valence-electron chi connectivity index (χ4n) is 2.73. The highest BCUT2D eigenvalue weighted by Gasteiger charge is 2.38. The van der Waals surface area contributed by atoms with Gasteiger partial charge in [-0.3, -0.25) is 4.90 Å². The summed E-state index contributed by atoms with van der Waals surface area (Å²) in [5.74, 6) is -0.487. The fourth-order valence-corrected chi connectivity index (χ4v) is 2.73. The lowest BCUT2D eigenvalue weighted by Crippen LogP contribution is -2.38. The standard InChI is InChI=1S/C17H20N4O4/c1-17(2,3)25-16(23)20-7-5-12(15(22)24-4)14(20)11-9-13-18-6-8-21(13)19-10-11/h5-6,8-10,14H,7H2,1-4H3. The Balaban J connectivity index is 1.99. The monoisotopic (exact) mass is 344 g/mol. The van der Waals surface area contributed by atoms with Crippen LogP contribution in [0, 0.1) is 0 Å². The molecule has 1 amide bonds. The number of esters is 1. The Hall–Kier alpha value is -2.90. The van der Waals surface area contributed by atoms with E-state index < -0.39 is 23.7 Å². The van der Waals surface area contributed by atoms with Crippen LogP contribution in [0.15, 0.2) is 36.3 Å². The number of methoxy groups -OCH3 is 1. The van der Waals surface area contributed by atoms with Gasteiger partial charge in [-0.2, -0.15) is 5.10 Å². The maximum absolute atomic E-state index is 12.6. The van der Waals surface area contributed by atoms with Crippen LogP contribution in [0.1, 0.15) is 32.4 Å². The second-order valence-electron chi connectivity index (χ2n) is 6.71. The SMILES string of the molecule is COC(=O)C1=CCN(C(=O)OC(C)(C)C)C1c1cnn2ccnc2c1. The molecule has 3 heterocycles. The third kappa shape index (κ3) is 3.33. The first-order valence-corrected chi connectivity index (χ1v) is 7.87. The molecule has 0 radical (unpaired) electrons. The summed E-state index contributed by atoms with van der Waals surface area (Å²) in [5.41, 5.74) is 1.03. The molecular weight excluding hydrogens is 324 g/mol. The van der Waals surface area contributed by atoms with E-state index in [2.05, 4.69) is 10.1 Å². The smallest absolute Gasteiger partial charge is 0.411 e. The van der Waals surface area contributed by atoms with E-state index in [9.17, 15) is 9.59 Å². The molecule has 1 aliphatic heterocycles. The first-order valence-electron chi connectivity index (χ1n) is 7.87. The molecule has 0 fully saturated rings. The molecule has 132 valence electrons. The van der Waals surface area contributed by atoms with Crippen LogP contribution in [0.25, 0.3) is 5.65 Å². The van der Waals surface area contributed by atoms with Gasteiger partial charge in [0.1, 0.15) is 5.60 Å². The minimum atomic E-state index is -0.638. The van der Waals surface area contributed by atoms with E-state index >= 15 is 0 Å². The first-order chi connectivity index (χ1) is 11.8. The molecule has 2 aromatic rings. The minimum absolute atomic E-state index is 0.254. The van der Waals surface area contributed by atoms with E-state index in [1.807, 2.05) is 0 Å². The number of nitrogens with zero attached hydrogens (tertiary/aromatic N) is 4. The lowest BCUT2D eigenvalue weighted by molar-refractivity contribution is -0.136. The predicted molar refractivity (Wildman–Crippen MR) is 88.8 cm³/mol. The normalized spacial score (nSPS) is 17.5. The van der Waals surface area contributed by atoms with Gasteiger partial charge in [0.2, 0.25) is 0 Å². The van der Waals surface area contributed by atoms with Crippen LogP contribution in [0.4, 0.5) is 4.79 Å². The van der Waals surface area contributed by atoms with Crippen molar-refractivity contribution in [3.05, 3.63) is 41.9 Å². The summed E-state index contributed by atoms with van der Waals surface area (Å²) in [6, 6.07) is 1.16. The molecule has 0 bridgehead atoms. The predicted octanol–water partition coefficient (Wildman–Crippen LogP) is 2.12. The lowest BCUT2D eigenvalue weighted by atomic mass is 10.0. The van der Waals surface area contributed by atoms with Crippen LogP contribution in [0.3, 0.4) is 0 Å². The average Bonchev–Trinajstić information content (AvgIpc) is 3.18. The van der Waals surface area contributed by atoms with Gasteiger partial charge in [-0.05, 0) is 26.8 Å². The highest BCUT2D eigenvalue weighted by molar-refractivity contribution is 5.92. The molecule has 8 nitrogen and oxygen atoms in total. The Labute approximate surface area is 145 Å². The number of imidazole rings is 1. The second kappa shape index (κ2) is 6.19. The highest BCUT2D eigenvalue weighted by Crippen LogP contribution is 2.35. The van der Waals surface area contributed by atoms with Gasteiger partial charge in [0.05, 0.1) is 24.9 Å². The molecule has 1 aliphatic rings. The topological polar surface area (TPSA) is 86.0 Å². The number of hydrogen-bond donors (Lipinski definition) is 0. The number of rotatable bonds is 2. The summed E-state index contributed by atoms with van der Waals surface area (Å²) in [6.45, 7) is 5.64. The van der Waals surface area contributed by atoms with Crippen molar-refractivity contribution in [3.8, 4) is 0 Å². The summed E-state index contributed by atoms with van der Waals surface area (Å²) in [4.78, 5) is 30.4. The van der Waals surface area contributed by atoms with Crippen LogP contribution in [0.5, 0.6) is 0 Å². The van der Waals surface area contributed by atoms with Crippen LogP contribution < -0.4 is 0 Å². The summed E-state index contributed by atoms with van der Waals surface area (Å²) in [7, 11) is 1.31. The second-order valence-corrected chi connectivity index (χ2v) is 6.71. The molecule has 0 saturated heterocycles. The number of carbonyl (C=O) groups is 2. The van der Waals surface area contributed by atoms with Gasteiger partial charge < -0.3 is 9.47 Å². The van der Waals surface area contributed by atoms with Crippen molar-refractivity contribution in [2.24, 2.45) is 0 Å². The van der Waals surface area contributed by atoms with E-state index in [0.29, 0.717) is 16.8 Å². The summed E-state index contributed by atoms with van der Waals surface area (Å²) in [5, 5.41) is 4.27. The van der Waals surface area contributed by atoms with Gasteiger partial charge in [0.25, 0.3) is 0 Å². The van der Waals surface area contributed by atoms with E-state index in [0.717, 1.165) is 0 Å². The van der Waals surface area contributed by atoms with Crippen LogP contribution in [-0.4, -0.2) is 50.8 Å². The zero-order valence-electron chi connectivity index (χ0n) is 14.6. The zero-order valence-corrected chi connectivity index (χ0v) is 14.6. The van der Waals surface area contributed by atoms with E-state index in [1.165, 1.54) is 12.0 Å². The van der Waals surface area contributed by atoms with E-state index in [1.54, 1.807) is 56.0 Å². The van der Waals surface area contributed by atoms with Gasteiger partial charge in [-0.25, -0.2) is 19.1 Å². The van der Waals surface area contributed by atoms with E-state index in [4.69, 9.17) is 9.47 Å². The Bertz CT molecular complexity index is 850. The molecule has 1 unspecified atom stereocenters. The van der Waals surface area contributed by atoms with E-state index in [-0.39, 0.29) is 6.54 Å². The number of fused-ring (bicyclic) bond motifs is 1. The number of aromatic nitrogens is 3.